The minimum absolute atomic E-state index is 0.237. The van der Waals surface area contributed by atoms with Crippen LogP contribution in [0.5, 0.6) is 5.75 Å². The predicted octanol–water partition coefficient (Wildman–Crippen LogP) is 4.88. The summed E-state index contributed by atoms with van der Waals surface area (Å²) in [5, 5.41) is 5.93. The van der Waals surface area contributed by atoms with Gasteiger partial charge < -0.3 is 10.1 Å². The quantitative estimate of drug-likeness (QED) is 0.623. The first-order valence-corrected chi connectivity index (χ1v) is 9.07. The van der Waals surface area contributed by atoms with Crippen LogP contribution < -0.4 is 15.4 Å². The molecule has 0 spiro atoms. The molecule has 0 saturated heterocycles. The second-order valence-electron chi connectivity index (χ2n) is 5.81. The smallest absolute Gasteiger partial charge is 0.257 e. The molecule has 27 heavy (non-hydrogen) atoms. The third-order valence-electron chi connectivity index (χ3n) is 3.88. The fourth-order valence-corrected chi connectivity index (χ4v) is 2.82. The summed E-state index contributed by atoms with van der Waals surface area (Å²) in [4.78, 5) is 12.4. The van der Waals surface area contributed by atoms with E-state index in [9.17, 15) is 4.79 Å². The van der Waals surface area contributed by atoms with Crippen LogP contribution in [0.1, 0.15) is 17.3 Å². The van der Waals surface area contributed by atoms with E-state index >= 15 is 0 Å². The average molecular weight is 376 g/mol. The van der Waals surface area contributed by atoms with Gasteiger partial charge in [-0.15, -0.1) is 0 Å². The van der Waals surface area contributed by atoms with Crippen LogP contribution in [0.25, 0.3) is 11.1 Å². The zero-order chi connectivity index (χ0) is 19.1. The highest BCUT2D eigenvalue weighted by Gasteiger charge is 2.09. The Kier molecular flexibility index (Phi) is 6.18. The Morgan fingerprint density at radius 1 is 0.926 bits per heavy atom. The molecule has 0 radical (unpaired) electrons. The summed E-state index contributed by atoms with van der Waals surface area (Å²) in [6.45, 7) is 2.51. The molecule has 0 saturated carbocycles. The van der Waals surface area contributed by atoms with Crippen LogP contribution in [0.2, 0.25) is 0 Å². The van der Waals surface area contributed by atoms with Gasteiger partial charge in [0.2, 0.25) is 0 Å². The first kappa shape index (κ1) is 18.6. The van der Waals surface area contributed by atoms with E-state index < -0.39 is 0 Å². The van der Waals surface area contributed by atoms with Gasteiger partial charge in [-0.05, 0) is 54.5 Å². The number of carbonyl (C=O) groups is 1. The molecule has 0 fully saturated rings. The van der Waals surface area contributed by atoms with Crippen molar-refractivity contribution in [3.05, 3.63) is 84.4 Å². The first-order valence-electron chi connectivity index (χ1n) is 8.66. The molecule has 0 unspecified atom stereocenters. The van der Waals surface area contributed by atoms with Crippen LogP contribution in [-0.4, -0.2) is 17.6 Å². The number of anilines is 1. The van der Waals surface area contributed by atoms with E-state index in [2.05, 4.69) is 10.6 Å². The molecule has 3 aromatic rings. The monoisotopic (exact) mass is 376 g/mol. The molecule has 0 aliphatic rings. The van der Waals surface area contributed by atoms with Crippen LogP contribution >= 0.6 is 12.2 Å². The third-order valence-corrected chi connectivity index (χ3v) is 4.09. The summed E-state index contributed by atoms with van der Waals surface area (Å²) in [6, 6.07) is 24.8. The third kappa shape index (κ3) is 5.15. The van der Waals surface area contributed by atoms with Gasteiger partial charge in [-0.3, -0.25) is 10.1 Å². The van der Waals surface area contributed by atoms with Crippen molar-refractivity contribution in [2.75, 3.05) is 11.9 Å². The summed E-state index contributed by atoms with van der Waals surface area (Å²) < 4.78 is 5.46. The lowest BCUT2D eigenvalue weighted by atomic mass is 10.0. The molecule has 3 aromatic carbocycles. The summed E-state index contributed by atoms with van der Waals surface area (Å²) in [5.41, 5.74) is 3.46. The normalized spacial score (nSPS) is 10.1. The number of amides is 1. The minimum atomic E-state index is -0.256. The second kappa shape index (κ2) is 8.96. The zero-order valence-corrected chi connectivity index (χ0v) is 15.8. The van der Waals surface area contributed by atoms with Gasteiger partial charge in [0.15, 0.2) is 5.11 Å². The molecule has 5 heteroatoms. The molecule has 0 aliphatic carbocycles. The van der Waals surface area contributed by atoms with E-state index in [1.165, 1.54) is 0 Å². The van der Waals surface area contributed by atoms with E-state index in [0.717, 1.165) is 22.6 Å². The van der Waals surface area contributed by atoms with Crippen molar-refractivity contribution in [1.29, 1.82) is 0 Å². The molecule has 0 heterocycles. The Hall–Kier alpha value is -3.18. The summed E-state index contributed by atoms with van der Waals surface area (Å²) >= 11 is 5.24. The van der Waals surface area contributed by atoms with Gasteiger partial charge in [-0.25, -0.2) is 0 Å². The summed E-state index contributed by atoms with van der Waals surface area (Å²) in [7, 11) is 0. The van der Waals surface area contributed by atoms with Gasteiger partial charge in [0.25, 0.3) is 5.91 Å². The second-order valence-corrected chi connectivity index (χ2v) is 6.22. The Balaban J connectivity index is 1.61. The van der Waals surface area contributed by atoms with Crippen molar-refractivity contribution in [3.63, 3.8) is 0 Å². The van der Waals surface area contributed by atoms with E-state index in [1.807, 2.05) is 73.7 Å². The summed E-state index contributed by atoms with van der Waals surface area (Å²) in [6.07, 6.45) is 0. The van der Waals surface area contributed by atoms with Gasteiger partial charge in [0, 0.05) is 17.3 Å². The van der Waals surface area contributed by atoms with E-state index in [-0.39, 0.29) is 11.0 Å². The first-order chi connectivity index (χ1) is 13.2. The van der Waals surface area contributed by atoms with Crippen LogP contribution in [0.4, 0.5) is 5.69 Å². The number of rotatable bonds is 5. The average Bonchev–Trinajstić information content (AvgIpc) is 2.69. The Labute approximate surface area is 164 Å². The Morgan fingerprint density at radius 2 is 1.63 bits per heavy atom. The lowest BCUT2D eigenvalue weighted by Crippen LogP contribution is -2.34. The van der Waals surface area contributed by atoms with E-state index in [0.29, 0.717) is 12.2 Å². The Morgan fingerprint density at radius 3 is 2.33 bits per heavy atom. The molecule has 2 N–H and O–H groups in total. The molecule has 0 aromatic heterocycles. The van der Waals surface area contributed by atoms with Gasteiger partial charge in [-0.2, -0.15) is 0 Å². The molecule has 4 nitrogen and oxygen atoms in total. The maximum atomic E-state index is 12.4. The highest BCUT2D eigenvalue weighted by molar-refractivity contribution is 7.80. The zero-order valence-electron chi connectivity index (χ0n) is 14.9. The minimum Gasteiger partial charge on any atom is -0.494 e. The van der Waals surface area contributed by atoms with Gasteiger partial charge in [-0.1, -0.05) is 48.5 Å². The fourth-order valence-electron chi connectivity index (χ4n) is 2.61. The number of hydrogen-bond donors (Lipinski definition) is 2. The van der Waals surface area contributed by atoms with Crippen LogP contribution in [0.3, 0.4) is 0 Å². The lowest BCUT2D eigenvalue weighted by Gasteiger charge is -2.11. The standard InChI is InChI=1S/C22H20N2O2S/c1-2-26-20-10-6-9-19(15-20)23-22(27)24-21(25)18-13-11-17(12-14-18)16-7-4-3-5-8-16/h3-15H,2H2,1H3,(H2,23,24,25,27). The molecule has 136 valence electrons. The number of hydrogen-bond acceptors (Lipinski definition) is 3. The van der Waals surface area contributed by atoms with Crippen molar-refractivity contribution >= 4 is 28.9 Å². The van der Waals surface area contributed by atoms with Crippen LogP contribution in [0, 0.1) is 0 Å². The van der Waals surface area contributed by atoms with Crippen molar-refractivity contribution in [2.24, 2.45) is 0 Å². The van der Waals surface area contributed by atoms with Crippen molar-refractivity contribution in [1.82, 2.24) is 5.32 Å². The molecular formula is C22H20N2O2S. The molecule has 0 atom stereocenters. The van der Waals surface area contributed by atoms with Gasteiger partial charge >= 0.3 is 0 Å². The lowest BCUT2D eigenvalue weighted by molar-refractivity contribution is 0.0978. The highest BCUT2D eigenvalue weighted by Crippen LogP contribution is 2.19. The van der Waals surface area contributed by atoms with Gasteiger partial charge in [0.1, 0.15) is 5.75 Å². The van der Waals surface area contributed by atoms with Crippen molar-refractivity contribution < 1.29 is 9.53 Å². The number of carbonyl (C=O) groups excluding carboxylic acids is 1. The van der Waals surface area contributed by atoms with Crippen LogP contribution in [-0.2, 0) is 0 Å². The predicted molar refractivity (Wildman–Crippen MR) is 113 cm³/mol. The van der Waals surface area contributed by atoms with Crippen molar-refractivity contribution in [2.45, 2.75) is 6.92 Å². The molecular weight excluding hydrogens is 356 g/mol. The topological polar surface area (TPSA) is 50.4 Å². The maximum Gasteiger partial charge on any atom is 0.257 e. The van der Waals surface area contributed by atoms with Crippen molar-refractivity contribution in [3.8, 4) is 16.9 Å². The number of ether oxygens (including phenoxy) is 1. The fraction of sp³-hybridized carbons (Fsp3) is 0.0909. The number of benzene rings is 3. The van der Waals surface area contributed by atoms with Crippen LogP contribution in [0.15, 0.2) is 78.9 Å². The summed E-state index contributed by atoms with van der Waals surface area (Å²) in [5.74, 6) is 0.487. The molecule has 0 bridgehead atoms. The SMILES string of the molecule is CCOc1cccc(NC(=S)NC(=O)c2ccc(-c3ccccc3)cc2)c1. The maximum absolute atomic E-state index is 12.4. The highest BCUT2D eigenvalue weighted by atomic mass is 32.1. The molecule has 1 amide bonds. The van der Waals surface area contributed by atoms with E-state index in [4.69, 9.17) is 17.0 Å². The molecule has 3 rings (SSSR count). The molecule has 0 aliphatic heterocycles. The van der Waals surface area contributed by atoms with E-state index in [1.54, 1.807) is 12.1 Å². The number of thiocarbonyl (C=S) groups is 1. The Bertz CT molecular complexity index is 925. The largest absolute Gasteiger partial charge is 0.494 e. The van der Waals surface area contributed by atoms with Gasteiger partial charge in [0.05, 0.1) is 6.61 Å². The number of nitrogens with one attached hydrogen (secondary N) is 2.